The second-order valence-electron chi connectivity index (χ2n) is 11.4. The van der Waals surface area contributed by atoms with Crippen molar-refractivity contribution < 1.29 is 23.9 Å². The second-order valence-corrected chi connectivity index (χ2v) is 12.5. The highest BCUT2D eigenvalue weighted by Crippen LogP contribution is 2.41. The van der Waals surface area contributed by atoms with E-state index in [-0.39, 0.29) is 5.78 Å². The average molecular weight is 546 g/mol. The molecular weight excluding hydrogens is 514 g/mol. The molecule has 0 saturated heterocycles. The van der Waals surface area contributed by atoms with Gasteiger partial charge in [0.1, 0.15) is 16.9 Å². The van der Waals surface area contributed by atoms with Gasteiger partial charge in [-0.05, 0) is 65.8 Å². The number of hydrogen-bond acceptors (Lipinski definition) is 7. The van der Waals surface area contributed by atoms with Gasteiger partial charge >= 0.3 is 12.2 Å². The Hall–Kier alpha value is -3.85. The lowest BCUT2D eigenvalue weighted by atomic mass is 10.0. The van der Waals surface area contributed by atoms with Crippen LogP contribution in [0.25, 0.3) is 22.3 Å². The maximum Gasteiger partial charge on any atom is 0.435 e. The summed E-state index contributed by atoms with van der Waals surface area (Å²) in [5.41, 5.74) is 1.97. The highest BCUT2D eigenvalue weighted by atomic mass is 32.2. The predicted molar refractivity (Wildman–Crippen MR) is 151 cm³/mol. The van der Waals surface area contributed by atoms with Crippen LogP contribution in [0.3, 0.4) is 0 Å². The minimum absolute atomic E-state index is 0.116. The fourth-order valence-electron chi connectivity index (χ4n) is 4.47. The van der Waals surface area contributed by atoms with Gasteiger partial charge in [-0.3, -0.25) is 4.79 Å². The third-order valence-electron chi connectivity index (χ3n) is 6.00. The van der Waals surface area contributed by atoms with E-state index in [1.165, 1.54) is 9.25 Å². The lowest BCUT2D eigenvalue weighted by molar-refractivity contribution is 0.0508. The Balaban J connectivity index is 1.67. The van der Waals surface area contributed by atoms with E-state index in [9.17, 15) is 14.4 Å². The lowest BCUT2D eigenvalue weighted by Crippen LogP contribution is -2.29. The van der Waals surface area contributed by atoms with E-state index >= 15 is 0 Å². The first-order valence-corrected chi connectivity index (χ1v) is 13.8. The number of nitrogens with zero attached hydrogens (tertiary/aromatic N) is 3. The van der Waals surface area contributed by atoms with Crippen molar-refractivity contribution in [1.82, 2.24) is 14.3 Å². The second kappa shape index (κ2) is 9.72. The molecule has 1 aliphatic rings. The third kappa shape index (κ3) is 5.36. The number of rotatable bonds is 3. The highest BCUT2D eigenvalue weighted by Gasteiger charge is 2.33. The molecule has 202 valence electrons. The molecule has 39 heavy (non-hydrogen) atoms. The lowest BCUT2D eigenvalue weighted by Gasteiger charge is -2.21. The quantitative estimate of drug-likeness (QED) is 0.257. The number of carbonyl (C=O) groups is 3. The van der Waals surface area contributed by atoms with Crippen molar-refractivity contribution in [3.63, 3.8) is 0 Å². The van der Waals surface area contributed by atoms with E-state index in [0.717, 1.165) is 16.3 Å². The molecule has 4 aromatic rings. The van der Waals surface area contributed by atoms with E-state index in [1.807, 2.05) is 24.3 Å². The van der Waals surface area contributed by atoms with Crippen LogP contribution in [-0.4, -0.2) is 49.3 Å². The van der Waals surface area contributed by atoms with Crippen LogP contribution >= 0.6 is 11.8 Å². The van der Waals surface area contributed by atoms with Gasteiger partial charge in [0.25, 0.3) is 0 Å². The molecule has 9 heteroatoms. The van der Waals surface area contributed by atoms with Gasteiger partial charge in [-0.15, -0.1) is 11.8 Å². The van der Waals surface area contributed by atoms with Gasteiger partial charge in [0.05, 0.1) is 21.8 Å². The minimum atomic E-state index is -0.735. The molecule has 0 radical (unpaired) electrons. The summed E-state index contributed by atoms with van der Waals surface area (Å²) in [5, 5.41) is 5.33. The molecule has 0 spiro atoms. The van der Waals surface area contributed by atoms with Gasteiger partial charge in [-0.1, -0.05) is 30.3 Å². The van der Waals surface area contributed by atoms with Crippen LogP contribution in [0, 0.1) is 0 Å². The molecule has 0 N–H and O–H groups in total. The van der Waals surface area contributed by atoms with Crippen LogP contribution in [0.5, 0.6) is 0 Å². The Kier molecular flexibility index (Phi) is 6.66. The van der Waals surface area contributed by atoms with Crippen molar-refractivity contribution >= 4 is 40.6 Å². The molecule has 0 saturated carbocycles. The Morgan fingerprint density at radius 3 is 2.18 bits per heavy atom. The number of aromatic nitrogens is 3. The summed E-state index contributed by atoms with van der Waals surface area (Å²) >= 11 is 1.58. The number of hydrogen-bond donors (Lipinski definition) is 0. The van der Waals surface area contributed by atoms with Crippen LogP contribution < -0.4 is 0 Å². The van der Waals surface area contributed by atoms with Crippen molar-refractivity contribution in [2.24, 2.45) is 0 Å². The van der Waals surface area contributed by atoms with E-state index < -0.39 is 23.4 Å². The molecule has 8 nitrogen and oxygen atoms in total. The zero-order valence-electron chi connectivity index (χ0n) is 22.9. The van der Waals surface area contributed by atoms with Gasteiger partial charge in [0.2, 0.25) is 0 Å². The molecule has 0 amide bonds. The van der Waals surface area contributed by atoms with Crippen molar-refractivity contribution in [1.29, 1.82) is 0 Å². The first-order valence-electron chi connectivity index (χ1n) is 12.8. The predicted octanol–water partition coefficient (Wildman–Crippen LogP) is 6.95. The Labute approximate surface area is 231 Å². The monoisotopic (exact) mass is 545 g/mol. The maximum atomic E-state index is 13.5. The van der Waals surface area contributed by atoms with Crippen LogP contribution in [-0.2, 0) is 15.9 Å². The molecule has 3 heterocycles. The Bertz CT molecular complexity index is 1600. The smallest absolute Gasteiger partial charge is 0.435 e. The summed E-state index contributed by atoms with van der Waals surface area (Å²) in [7, 11) is 0. The highest BCUT2D eigenvalue weighted by molar-refractivity contribution is 7.99. The SMILES string of the molecule is CC(C)(C)OC(=O)n1nc(-c2cc3cc(C(=O)c4ccccc4)ccc3n2C(=O)OC(C)(C)C)c2c1CCS2. The summed E-state index contributed by atoms with van der Waals surface area (Å²) in [6, 6.07) is 16.1. The standard InChI is InChI=1S/C30H31N3O5S/c1-29(2,3)37-27(35)32-21-13-12-19(25(34)18-10-8-7-9-11-18)16-20(21)17-23(32)24-26-22(14-15-39-26)33(31-24)28(36)38-30(4,5)6/h7-13,16-17H,14-15H2,1-6H3. The van der Waals surface area contributed by atoms with Gasteiger partial charge in [-0.2, -0.15) is 9.78 Å². The number of carbonyl (C=O) groups excluding carboxylic acids is 3. The zero-order valence-corrected chi connectivity index (χ0v) is 23.7. The van der Waals surface area contributed by atoms with Crippen molar-refractivity contribution in [2.75, 3.05) is 5.75 Å². The summed E-state index contributed by atoms with van der Waals surface area (Å²) in [6.45, 7) is 10.8. The summed E-state index contributed by atoms with van der Waals surface area (Å²) in [6.07, 6.45) is -0.490. The summed E-state index contributed by atoms with van der Waals surface area (Å²) in [5.74, 6) is 0.667. The Morgan fingerprint density at radius 1 is 0.846 bits per heavy atom. The van der Waals surface area contributed by atoms with E-state index in [2.05, 4.69) is 5.10 Å². The van der Waals surface area contributed by atoms with Crippen LogP contribution in [0.1, 0.15) is 63.2 Å². The zero-order chi connectivity index (χ0) is 28.1. The van der Waals surface area contributed by atoms with Gasteiger partial charge in [0.15, 0.2) is 5.78 Å². The normalized spacial score (nSPS) is 13.4. The Morgan fingerprint density at radius 2 is 1.51 bits per heavy atom. The first kappa shape index (κ1) is 26.7. The summed E-state index contributed by atoms with van der Waals surface area (Å²) in [4.78, 5) is 40.5. The summed E-state index contributed by atoms with van der Waals surface area (Å²) < 4.78 is 14.1. The molecule has 0 bridgehead atoms. The van der Waals surface area contributed by atoms with Crippen molar-refractivity contribution in [3.8, 4) is 11.4 Å². The molecule has 0 atom stereocenters. The van der Waals surface area contributed by atoms with E-state index in [4.69, 9.17) is 9.47 Å². The van der Waals surface area contributed by atoms with Gasteiger partial charge < -0.3 is 9.47 Å². The van der Waals surface area contributed by atoms with E-state index in [0.29, 0.717) is 39.8 Å². The van der Waals surface area contributed by atoms with Crippen LogP contribution in [0.4, 0.5) is 9.59 Å². The fourth-order valence-corrected chi connectivity index (χ4v) is 5.61. The number of benzene rings is 2. The molecule has 2 aromatic carbocycles. The molecule has 0 fully saturated rings. The topological polar surface area (TPSA) is 92.4 Å². The maximum absolute atomic E-state index is 13.5. The average Bonchev–Trinajstić information content (AvgIpc) is 3.55. The first-order chi connectivity index (χ1) is 18.3. The molecular formula is C30H31N3O5S. The minimum Gasteiger partial charge on any atom is -0.443 e. The largest absolute Gasteiger partial charge is 0.443 e. The van der Waals surface area contributed by atoms with E-state index in [1.54, 1.807) is 83.6 Å². The number of ether oxygens (including phenoxy) is 2. The molecule has 5 rings (SSSR count). The molecule has 0 aliphatic carbocycles. The molecule has 0 unspecified atom stereocenters. The number of thioether (sulfide) groups is 1. The fraction of sp³-hybridized carbons (Fsp3) is 0.333. The van der Waals surface area contributed by atoms with Gasteiger partial charge in [0, 0.05) is 28.7 Å². The van der Waals surface area contributed by atoms with Gasteiger partial charge in [-0.25, -0.2) is 14.2 Å². The van der Waals surface area contributed by atoms with Crippen LogP contribution in [0.2, 0.25) is 0 Å². The number of ketones is 1. The third-order valence-corrected chi connectivity index (χ3v) is 7.13. The molecule has 2 aromatic heterocycles. The van der Waals surface area contributed by atoms with Crippen molar-refractivity contribution in [3.05, 3.63) is 71.4 Å². The number of fused-ring (bicyclic) bond motifs is 2. The van der Waals surface area contributed by atoms with Crippen molar-refractivity contribution in [2.45, 2.75) is 64.1 Å². The molecule has 1 aliphatic heterocycles. The van der Waals surface area contributed by atoms with Crippen LogP contribution in [0.15, 0.2) is 59.5 Å².